The van der Waals surface area contributed by atoms with E-state index < -0.39 is 0 Å². The minimum Gasteiger partial charge on any atom is -0.486 e. The number of carbonyl (C=O) groups excluding carboxylic acids is 1. The summed E-state index contributed by atoms with van der Waals surface area (Å²) in [4.78, 5) is 15.1. The normalized spacial score (nSPS) is 19.5. The molecule has 3 aliphatic rings. The van der Waals surface area contributed by atoms with Gasteiger partial charge in [0.25, 0.3) is 0 Å². The number of carbonyl (C=O) groups is 1. The number of benzene rings is 2. The number of nitrogens with zero attached hydrogens (tertiary/aromatic N) is 1. The second kappa shape index (κ2) is 8.68. The van der Waals surface area contributed by atoms with Crippen LogP contribution in [-0.2, 0) is 17.6 Å². The van der Waals surface area contributed by atoms with Crippen LogP contribution in [0.1, 0.15) is 36.8 Å². The fourth-order valence-electron chi connectivity index (χ4n) is 5.08. The SMILES string of the molecule is O=C(CCC1CCN(C2Cc3ccccc3C2)CC1)Nc1ccc2c(c1)OCCO2. The quantitative estimate of drug-likeness (QED) is 0.814. The largest absolute Gasteiger partial charge is 0.486 e. The number of rotatable bonds is 5. The molecule has 2 heterocycles. The maximum atomic E-state index is 12.4. The Morgan fingerprint density at radius 1 is 0.967 bits per heavy atom. The first-order chi connectivity index (χ1) is 14.7. The fourth-order valence-corrected chi connectivity index (χ4v) is 5.08. The van der Waals surface area contributed by atoms with Crippen LogP contribution in [0.15, 0.2) is 42.5 Å². The van der Waals surface area contributed by atoms with E-state index in [9.17, 15) is 4.79 Å². The summed E-state index contributed by atoms with van der Waals surface area (Å²) in [5, 5.41) is 3.01. The van der Waals surface area contributed by atoms with Crippen LogP contribution in [0.5, 0.6) is 11.5 Å². The number of piperidine rings is 1. The molecule has 1 amide bonds. The van der Waals surface area contributed by atoms with Gasteiger partial charge in [-0.3, -0.25) is 9.69 Å². The molecule has 1 N–H and O–H groups in total. The van der Waals surface area contributed by atoms with E-state index in [1.54, 1.807) is 0 Å². The van der Waals surface area contributed by atoms with Crippen LogP contribution >= 0.6 is 0 Å². The highest BCUT2D eigenvalue weighted by molar-refractivity contribution is 5.91. The molecular formula is C25H30N2O3. The van der Waals surface area contributed by atoms with Gasteiger partial charge >= 0.3 is 0 Å². The third kappa shape index (κ3) is 4.31. The number of ether oxygens (including phenoxy) is 2. The van der Waals surface area contributed by atoms with Crippen LogP contribution in [0.4, 0.5) is 5.69 Å². The number of fused-ring (bicyclic) bond motifs is 2. The van der Waals surface area contributed by atoms with E-state index in [-0.39, 0.29) is 5.91 Å². The fraction of sp³-hybridized carbons (Fsp3) is 0.480. The average Bonchev–Trinajstić information content (AvgIpc) is 3.22. The first-order valence-corrected chi connectivity index (χ1v) is 11.2. The van der Waals surface area contributed by atoms with Gasteiger partial charge in [0.05, 0.1) is 0 Å². The van der Waals surface area contributed by atoms with Gasteiger partial charge in [0, 0.05) is 24.2 Å². The van der Waals surface area contributed by atoms with Crippen molar-refractivity contribution in [3.8, 4) is 11.5 Å². The van der Waals surface area contributed by atoms with Gasteiger partial charge in [-0.2, -0.15) is 0 Å². The zero-order valence-electron chi connectivity index (χ0n) is 17.4. The van der Waals surface area contributed by atoms with Crippen molar-refractivity contribution in [2.24, 2.45) is 5.92 Å². The van der Waals surface area contributed by atoms with Gasteiger partial charge in [0.1, 0.15) is 13.2 Å². The van der Waals surface area contributed by atoms with Gasteiger partial charge in [0.2, 0.25) is 5.91 Å². The van der Waals surface area contributed by atoms with Gasteiger partial charge in [-0.25, -0.2) is 0 Å². The molecule has 1 saturated heterocycles. The van der Waals surface area contributed by atoms with Gasteiger partial charge in [0.15, 0.2) is 11.5 Å². The van der Waals surface area contributed by atoms with Crippen molar-refractivity contribution < 1.29 is 14.3 Å². The summed E-state index contributed by atoms with van der Waals surface area (Å²) in [5.74, 6) is 2.19. The lowest BCUT2D eigenvalue weighted by molar-refractivity contribution is -0.116. The molecule has 2 aromatic carbocycles. The van der Waals surface area contributed by atoms with E-state index in [1.165, 1.54) is 36.8 Å². The molecule has 0 spiro atoms. The topological polar surface area (TPSA) is 50.8 Å². The minimum absolute atomic E-state index is 0.0837. The molecule has 1 fully saturated rings. The smallest absolute Gasteiger partial charge is 0.224 e. The highest BCUT2D eigenvalue weighted by Gasteiger charge is 2.29. The maximum Gasteiger partial charge on any atom is 0.224 e. The molecule has 30 heavy (non-hydrogen) atoms. The van der Waals surface area contributed by atoms with Crippen molar-refractivity contribution in [1.29, 1.82) is 0 Å². The van der Waals surface area contributed by atoms with Crippen molar-refractivity contribution in [2.45, 2.75) is 44.6 Å². The zero-order valence-corrected chi connectivity index (χ0v) is 17.4. The summed E-state index contributed by atoms with van der Waals surface area (Å²) < 4.78 is 11.1. The maximum absolute atomic E-state index is 12.4. The molecular weight excluding hydrogens is 376 g/mol. The number of amides is 1. The minimum atomic E-state index is 0.0837. The molecule has 5 heteroatoms. The Balaban J connectivity index is 1.05. The van der Waals surface area contributed by atoms with Crippen molar-refractivity contribution in [3.63, 3.8) is 0 Å². The van der Waals surface area contributed by atoms with E-state index in [1.807, 2.05) is 18.2 Å². The lowest BCUT2D eigenvalue weighted by Crippen LogP contribution is -2.42. The molecule has 1 aliphatic carbocycles. The number of likely N-dealkylation sites (tertiary alicyclic amines) is 1. The summed E-state index contributed by atoms with van der Waals surface area (Å²) in [7, 11) is 0. The third-order valence-electron chi connectivity index (χ3n) is 6.80. The number of hydrogen-bond acceptors (Lipinski definition) is 4. The molecule has 158 valence electrons. The Morgan fingerprint density at radius 3 is 2.40 bits per heavy atom. The second-order valence-electron chi connectivity index (χ2n) is 8.76. The van der Waals surface area contributed by atoms with Gasteiger partial charge in [-0.1, -0.05) is 24.3 Å². The molecule has 0 saturated carbocycles. The van der Waals surface area contributed by atoms with Crippen LogP contribution in [0.3, 0.4) is 0 Å². The van der Waals surface area contributed by atoms with Gasteiger partial charge < -0.3 is 14.8 Å². The van der Waals surface area contributed by atoms with Crippen molar-refractivity contribution >= 4 is 11.6 Å². The standard InChI is InChI=1S/C25H30N2O3/c28-25(26-21-6-7-23-24(17-21)30-14-13-29-23)8-5-18-9-11-27(12-10-18)22-15-19-3-1-2-4-20(19)16-22/h1-4,6-7,17-18,22H,5,8-16H2,(H,26,28). The van der Waals surface area contributed by atoms with Crippen LogP contribution < -0.4 is 14.8 Å². The molecule has 0 unspecified atom stereocenters. The van der Waals surface area contributed by atoms with Crippen LogP contribution in [0.25, 0.3) is 0 Å². The highest BCUT2D eigenvalue weighted by atomic mass is 16.6. The molecule has 0 bridgehead atoms. The predicted octanol–water partition coefficient (Wildman–Crippen LogP) is 4.06. The molecule has 5 rings (SSSR count). The third-order valence-corrected chi connectivity index (χ3v) is 6.80. The van der Waals surface area contributed by atoms with Crippen molar-refractivity contribution in [1.82, 2.24) is 4.90 Å². The molecule has 2 aliphatic heterocycles. The van der Waals surface area contributed by atoms with E-state index in [4.69, 9.17) is 9.47 Å². The monoisotopic (exact) mass is 406 g/mol. The summed E-state index contributed by atoms with van der Waals surface area (Å²) >= 11 is 0. The Bertz CT molecular complexity index is 880. The Labute approximate surface area is 178 Å². The van der Waals surface area contributed by atoms with E-state index >= 15 is 0 Å². The number of nitrogens with one attached hydrogen (secondary N) is 1. The summed E-state index contributed by atoms with van der Waals surface area (Å²) in [6.07, 6.45) is 6.33. The molecule has 0 atom stereocenters. The lowest BCUT2D eigenvalue weighted by atomic mass is 9.91. The lowest BCUT2D eigenvalue weighted by Gasteiger charge is -2.36. The molecule has 5 nitrogen and oxygen atoms in total. The summed E-state index contributed by atoms with van der Waals surface area (Å²) in [6.45, 7) is 3.45. The van der Waals surface area contributed by atoms with E-state index in [0.29, 0.717) is 37.3 Å². The first kappa shape index (κ1) is 19.4. The molecule has 0 aromatic heterocycles. The van der Waals surface area contributed by atoms with Gasteiger partial charge in [-0.05, 0) is 74.4 Å². The predicted molar refractivity (Wildman–Crippen MR) is 117 cm³/mol. The van der Waals surface area contributed by atoms with Crippen LogP contribution in [0.2, 0.25) is 0 Å². The Kier molecular flexibility index (Phi) is 5.63. The van der Waals surface area contributed by atoms with Crippen LogP contribution in [0, 0.1) is 5.92 Å². The zero-order chi connectivity index (χ0) is 20.3. The van der Waals surface area contributed by atoms with Gasteiger partial charge in [-0.15, -0.1) is 0 Å². The highest BCUT2D eigenvalue weighted by Crippen LogP contribution is 2.33. The number of anilines is 1. The van der Waals surface area contributed by atoms with Crippen molar-refractivity contribution in [3.05, 3.63) is 53.6 Å². The molecule has 0 radical (unpaired) electrons. The first-order valence-electron chi connectivity index (χ1n) is 11.2. The van der Waals surface area contributed by atoms with E-state index in [0.717, 1.165) is 30.9 Å². The Morgan fingerprint density at radius 2 is 1.67 bits per heavy atom. The van der Waals surface area contributed by atoms with Crippen molar-refractivity contribution in [2.75, 3.05) is 31.6 Å². The summed E-state index contributed by atoms with van der Waals surface area (Å²) in [5.41, 5.74) is 3.83. The second-order valence-corrected chi connectivity index (χ2v) is 8.76. The Hall–Kier alpha value is -2.53. The summed E-state index contributed by atoms with van der Waals surface area (Å²) in [6, 6.07) is 15.1. The average molecular weight is 407 g/mol. The van der Waals surface area contributed by atoms with Crippen LogP contribution in [-0.4, -0.2) is 43.2 Å². The van der Waals surface area contributed by atoms with E-state index in [2.05, 4.69) is 34.5 Å². The number of hydrogen-bond donors (Lipinski definition) is 1. The molecule has 2 aromatic rings.